The highest BCUT2D eigenvalue weighted by molar-refractivity contribution is 5.29. The smallest absolute Gasteiger partial charge is 0.0289 e. The minimum Gasteiger partial charge on any atom is -0.313 e. The van der Waals surface area contributed by atoms with E-state index in [0.29, 0.717) is 6.04 Å². The first-order valence-electron chi connectivity index (χ1n) is 5.94. The Morgan fingerprint density at radius 3 is 2.18 bits per heavy atom. The molecule has 0 bridgehead atoms. The van der Waals surface area contributed by atoms with E-state index in [4.69, 9.17) is 0 Å². The van der Waals surface area contributed by atoms with Crippen LogP contribution in [0.25, 0.3) is 0 Å². The molecule has 0 aliphatic carbocycles. The lowest BCUT2D eigenvalue weighted by atomic mass is 10.0. The summed E-state index contributed by atoms with van der Waals surface area (Å²) in [6.45, 7) is 2.16. The number of hydrogen-bond donors (Lipinski definition) is 1. The largest absolute Gasteiger partial charge is 0.313 e. The van der Waals surface area contributed by atoms with Crippen molar-refractivity contribution in [2.24, 2.45) is 0 Å². The van der Waals surface area contributed by atoms with Crippen LogP contribution in [0, 0.1) is 0 Å². The van der Waals surface area contributed by atoms with Crippen molar-refractivity contribution in [2.75, 3.05) is 7.05 Å². The molecular weight excluding hydrogens is 208 g/mol. The van der Waals surface area contributed by atoms with Crippen LogP contribution >= 0.6 is 0 Å². The summed E-state index contributed by atoms with van der Waals surface area (Å²) < 4.78 is 0. The van der Waals surface area contributed by atoms with E-state index in [2.05, 4.69) is 53.6 Å². The molecule has 1 aromatic carbocycles. The highest BCUT2D eigenvalue weighted by Gasteiger charge is 2.02. The maximum absolute atomic E-state index is 4.03. The number of benzene rings is 1. The molecule has 2 aromatic rings. The SMILES string of the molecule is CNC(C)c1ccc(Cc2ccncc2)cc1. The molecule has 88 valence electrons. The summed E-state index contributed by atoms with van der Waals surface area (Å²) in [5, 5.41) is 3.24. The van der Waals surface area contributed by atoms with E-state index in [1.807, 2.05) is 19.4 Å². The third-order valence-corrected chi connectivity index (χ3v) is 3.07. The predicted octanol–water partition coefficient (Wildman–Crippen LogP) is 2.95. The van der Waals surface area contributed by atoms with E-state index in [9.17, 15) is 0 Å². The molecule has 2 rings (SSSR count). The van der Waals surface area contributed by atoms with Crippen LogP contribution in [0.5, 0.6) is 0 Å². The number of hydrogen-bond acceptors (Lipinski definition) is 2. The minimum atomic E-state index is 0.407. The van der Waals surface area contributed by atoms with Crippen LogP contribution in [0.3, 0.4) is 0 Å². The van der Waals surface area contributed by atoms with Crippen molar-refractivity contribution in [1.82, 2.24) is 10.3 Å². The van der Waals surface area contributed by atoms with E-state index in [1.54, 1.807) is 0 Å². The Morgan fingerprint density at radius 2 is 1.59 bits per heavy atom. The van der Waals surface area contributed by atoms with Crippen molar-refractivity contribution >= 4 is 0 Å². The molecule has 2 heteroatoms. The third-order valence-electron chi connectivity index (χ3n) is 3.07. The van der Waals surface area contributed by atoms with Gasteiger partial charge in [0.25, 0.3) is 0 Å². The summed E-state index contributed by atoms with van der Waals surface area (Å²) in [6.07, 6.45) is 4.65. The summed E-state index contributed by atoms with van der Waals surface area (Å²) in [5.74, 6) is 0. The number of aromatic nitrogens is 1. The van der Waals surface area contributed by atoms with Gasteiger partial charge < -0.3 is 5.32 Å². The zero-order valence-electron chi connectivity index (χ0n) is 10.4. The van der Waals surface area contributed by atoms with Crippen molar-refractivity contribution in [1.29, 1.82) is 0 Å². The summed E-state index contributed by atoms with van der Waals surface area (Å²) in [7, 11) is 1.98. The van der Waals surface area contributed by atoms with Crippen LogP contribution in [0.1, 0.15) is 29.7 Å². The third kappa shape index (κ3) is 3.14. The van der Waals surface area contributed by atoms with Gasteiger partial charge in [0.15, 0.2) is 0 Å². The minimum absolute atomic E-state index is 0.407. The maximum Gasteiger partial charge on any atom is 0.0289 e. The van der Waals surface area contributed by atoms with Gasteiger partial charge in [-0.15, -0.1) is 0 Å². The van der Waals surface area contributed by atoms with Gasteiger partial charge in [0, 0.05) is 18.4 Å². The average Bonchev–Trinajstić information content (AvgIpc) is 2.40. The van der Waals surface area contributed by atoms with Gasteiger partial charge >= 0.3 is 0 Å². The first kappa shape index (κ1) is 11.8. The molecule has 0 radical (unpaired) electrons. The van der Waals surface area contributed by atoms with Gasteiger partial charge in [-0.25, -0.2) is 0 Å². The van der Waals surface area contributed by atoms with Crippen LogP contribution in [0.2, 0.25) is 0 Å². The quantitative estimate of drug-likeness (QED) is 0.867. The van der Waals surface area contributed by atoms with E-state index < -0.39 is 0 Å². The Balaban J connectivity index is 2.08. The van der Waals surface area contributed by atoms with E-state index in [0.717, 1.165) is 6.42 Å². The van der Waals surface area contributed by atoms with Crippen molar-refractivity contribution < 1.29 is 0 Å². The lowest BCUT2D eigenvalue weighted by Gasteiger charge is -2.11. The first-order valence-corrected chi connectivity index (χ1v) is 5.94. The number of rotatable bonds is 4. The molecule has 1 aromatic heterocycles. The van der Waals surface area contributed by atoms with Gasteiger partial charge in [-0.3, -0.25) is 4.98 Å². The van der Waals surface area contributed by atoms with Crippen LogP contribution in [-0.4, -0.2) is 12.0 Å². The maximum atomic E-state index is 4.03. The molecule has 2 nitrogen and oxygen atoms in total. The van der Waals surface area contributed by atoms with Gasteiger partial charge in [0.2, 0.25) is 0 Å². The second-order valence-corrected chi connectivity index (χ2v) is 4.28. The van der Waals surface area contributed by atoms with Crippen molar-refractivity contribution in [3.05, 3.63) is 65.5 Å². The normalized spacial score (nSPS) is 12.4. The van der Waals surface area contributed by atoms with Crippen LogP contribution < -0.4 is 5.32 Å². The average molecular weight is 226 g/mol. The standard InChI is InChI=1S/C15H18N2/c1-12(16-2)15-5-3-13(4-6-15)11-14-7-9-17-10-8-14/h3-10,12,16H,11H2,1-2H3. The molecule has 0 aliphatic heterocycles. The van der Waals surface area contributed by atoms with Crippen molar-refractivity contribution in [3.63, 3.8) is 0 Å². The Morgan fingerprint density at radius 1 is 1.00 bits per heavy atom. The topological polar surface area (TPSA) is 24.9 Å². The molecule has 0 saturated heterocycles. The molecule has 0 saturated carbocycles. The fraction of sp³-hybridized carbons (Fsp3) is 0.267. The first-order chi connectivity index (χ1) is 8.29. The summed E-state index contributed by atoms with van der Waals surface area (Å²) in [5.41, 5.74) is 3.96. The van der Waals surface area contributed by atoms with Gasteiger partial charge in [-0.05, 0) is 49.2 Å². The highest BCUT2D eigenvalue weighted by Crippen LogP contribution is 2.14. The molecule has 1 unspecified atom stereocenters. The van der Waals surface area contributed by atoms with Crippen LogP contribution in [0.4, 0.5) is 0 Å². The van der Waals surface area contributed by atoms with Crippen LogP contribution in [-0.2, 0) is 6.42 Å². The van der Waals surface area contributed by atoms with Crippen molar-refractivity contribution in [2.45, 2.75) is 19.4 Å². The molecule has 0 fully saturated rings. The Bertz CT molecular complexity index is 448. The van der Waals surface area contributed by atoms with E-state index in [1.165, 1.54) is 16.7 Å². The fourth-order valence-electron chi connectivity index (χ4n) is 1.83. The summed E-state index contributed by atoms with van der Waals surface area (Å²) in [6, 6.07) is 13.3. The monoisotopic (exact) mass is 226 g/mol. The van der Waals surface area contributed by atoms with Crippen LogP contribution in [0.15, 0.2) is 48.8 Å². The molecule has 1 N–H and O–H groups in total. The zero-order chi connectivity index (χ0) is 12.1. The fourth-order valence-corrected chi connectivity index (χ4v) is 1.83. The summed E-state index contributed by atoms with van der Waals surface area (Å²) in [4.78, 5) is 4.03. The van der Waals surface area contributed by atoms with Gasteiger partial charge in [-0.1, -0.05) is 24.3 Å². The Kier molecular flexibility index (Phi) is 3.89. The summed E-state index contributed by atoms with van der Waals surface area (Å²) >= 11 is 0. The molecule has 1 atom stereocenters. The second-order valence-electron chi connectivity index (χ2n) is 4.28. The molecule has 1 heterocycles. The molecular formula is C15H18N2. The number of pyridine rings is 1. The van der Waals surface area contributed by atoms with Gasteiger partial charge in [0.05, 0.1) is 0 Å². The van der Waals surface area contributed by atoms with E-state index in [-0.39, 0.29) is 0 Å². The highest BCUT2D eigenvalue weighted by atomic mass is 14.8. The van der Waals surface area contributed by atoms with Gasteiger partial charge in [0.1, 0.15) is 0 Å². The second kappa shape index (κ2) is 5.60. The zero-order valence-corrected chi connectivity index (χ0v) is 10.4. The lowest BCUT2D eigenvalue weighted by molar-refractivity contribution is 0.652. The molecule has 0 spiro atoms. The molecule has 0 amide bonds. The Labute approximate surface area is 103 Å². The molecule has 17 heavy (non-hydrogen) atoms. The number of nitrogens with one attached hydrogen (secondary N) is 1. The van der Waals surface area contributed by atoms with E-state index >= 15 is 0 Å². The predicted molar refractivity (Wildman–Crippen MR) is 71.0 cm³/mol. The van der Waals surface area contributed by atoms with Gasteiger partial charge in [-0.2, -0.15) is 0 Å². The van der Waals surface area contributed by atoms with Crippen molar-refractivity contribution in [3.8, 4) is 0 Å². The number of nitrogens with zero attached hydrogens (tertiary/aromatic N) is 1. The molecule has 0 aliphatic rings. The lowest BCUT2D eigenvalue weighted by Crippen LogP contribution is -2.12. The Hall–Kier alpha value is -1.67.